The summed E-state index contributed by atoms with van der Waals surface area (Å²) in [5.41, 5.74) is 0.587. The van der Waals surface area contributed by atoms with Crippen LogP contribution >= 0.6 is 0 Å². The second-order valence-electron chi connectivity index (χ2n) is 6.10. The molecule has 0 amide bonds. The summed E-state index contributed by atoms with van der Waals surface area (Å²) in [6.45, 7) is 5.97. The lowest BCUT2D eigenvalue weighted by Gasteiger charge is -2.27. The summed E-state index contributed by atoms with van der Waals surface area (Å²) in [5.74, 6) is -0.794. The number of esters is 1. The van der Waals surface area contributed by atoms with Crippen molar-refractivity contribution >= 4 is 5.97 Å². The molecule has 0 saturated carbocycles. The number of carbonyl (C=O) groups is 1. The van der Waals surface area contributed by atoms with Crippen LogP contribution in [0.15, 0.2) is 30.3 Å². The predicted octanol–water partition coefficient (Wildman–Crippen LogP) is 0.678. The number of carbonyl (C=O) groups excluding carboxylic acids is 1. The zero-order chi connectivity index (χ0) is 15.3. The molecule has 2 rings (SSSR count). The van der Waals surface area contributed by atoms with E-state index in [-0.39, 0.29) is 5.97 Å². The number of nitrogens with one attached hydrogen (secondary N) is 2. The lowest BCUT2D eigenvalue weighted by molar-refractivity contribution is -0.163. The van der Waals surface area contributed by atoms with Gasteiger partial charge in [-0.15, -0.1) is 0 Å². The molecule has 0 aromatic heterocycles. The Kier molecular flexibility index (Phi) is 5.33. The first-order valence-corrected chi connectivity index (χ1v) is 7.34. The monoisotopic (exact) mass is 292 g/mol. The fourth-order valence-electron chi connectivity index (χ4n) is 2.39. The van der Waals surface area contributed by atoms with Crippen molar-refractivity contribution in [2.45, 2.75) is 32.1 Å². The predicted molar refractivity (Wildman–Crippen MR) is 80.7 cm³/mol. The van der Waals surface area contributed by atoms with Crippen molar-refractivity contribution in [2.24, 2.45) is 5.92 Å². The fraction of sp³-hybridized carbons (Fsp3) is 0.562. The van der Waals surface area contributed by atoms with Gasteiger partial charge in [0.25, 0.3) is 0 Å². The molecule has 1 aliphatic heterocycles. The maximum Gasteiger partial charge on any atom is 0.313 e. The highest BCUT2D eigenvalue weighted by Gasteiger charge is 2.35. The topological polar surface area (TPSA) is 70.6 Å². The Morgan fingerprint density at radius 1 is 1.38 bits per heavy atom. The Morgan fingerprint density at radius 3 is 2.71 bits per heavy atom. The summed E-state index contributed by atoms with van der Waals surface area (Å²) in [7, 11) is 0. The third kappa shape index (κ3) is 4.81. The summed E-state index contributed by atoms with van der Waals surface area (Å²) in [6, 6.07) is 10.1. The van der Waals surface area contributed by atoms with Crippen LogP contribution in [0.2, 0.25) is 0 Å². The van der Waals surface area contributed by atoms with Gasteiger partial charge in [-0.05, 0) is 19.4 Å². The number of aliphatic hydroxyl groups excluding tert-OH is 1. The summed E-state index contributed by atoms with van der Waals surface area (Å²) in [6.07, 6.45) is -0.648. The van der Waals surface area contributed by atoms with Gasteiger partial charge >= 0.3 is 5.97 Å². The Morgan fingerprint density at radius 2 is 2.10 bits per heavy atom. The largest absolute Gasteiger partial charge is 0.458 e. The molecule has 3 N–H and O–H groups in total. The van der Waals surface area contributed by atoms with E-state index >= 15 is 0 Å². The molecule has 5 heteroatoms. The number of ether oxygens (including phenoxy) is 1. The van der Waals surface area contributed by atoms with Crippen LogP contribution in [0.5, 0.6) is 0 Å². The molecule has 1 heterocycles. The average Bonchev–Trinajstić information content (AvgIpc) is 2.85. The van der Waals surface area contributed by atoms with Crippen molar-refractivity contribution in [1.82, 2.24) is 10.6 Å². The minimum Gasteiger partial charge on any atom is -0.458 e. The van der Waals surface area contributed by atoms with Gasteiger partial charge in [0.05, 0.1) is 12.0 Å². The number of aliphatic hydroxyl groups is 1. The van der Waals surface area contributed by atoms with Crippen molar-refractivity contribution in [1.29, 1.82) is 0 Å². The zero-order valence-electron chi connectivity index (χ0n) is 12.6. The first kappa shape index (κ1) is 15.9. The van der Waals surface area contributed by atoms with E-state index in [1.165, 1.54) is 5.56 Å². The van der Waals surface area contributed by atoms with Gasteiger partial charge in [0, 0.05) is 26.2 Å². The van der Waals surface area contributed by atoms with Crippen LogP contribution < -0.4 is 10.6 Å². The number of rotatable bonds is 6. The molecule has 1 aliphatic rings. The molecule has 5 nitrogen and oxygen atoms in total. The lowest BCUT2D eigenvalue weighted by atomic mass is 10.1. The lowest BCUT2D eigenvalue weighted by Crippen LogP contribution is -2.42. The van der Waals surface area contributed by atoms with Gasteiger partial charge in [-0.25, -0.2) is 0 Å². The first-order chi connectivity index (χ1) is 9.98. The van der Waals surface area contributed by atoms with Gasteiger partial charge in [0.2, 0.25) is 0 Å². The molecule has 1 aromatic rings. The highest BCUT2D eigenvalue weighted by atomic mass is 16.6. The van der Waals surface area contributed by atoms with Crippen LogP contribution in [0, 0.1) is 5.92 Å². The molecule has 0 spiro atoms. The van der Waals surface area contributed by atoms with E-state index in [1.54, 1.807) is 0 Å². The molecule has 1 aromatic carbocycles. The molecule has 1 saturated heterocycles. The van der Waals surface area contributed by atoms with E-state index in [2.05, 4.69) is 10.6 Å². The molecule has 0 bridgehead atoms. The van der Waals surface area contributed by atoms with Gasteiger partial charge in [0.15, 0.2) is 0 Å². The molecular formula is C16H24N2O3. The molecule has 21 heavy (non-hydrogen) atoms. The molecule has 1 fully saturated rings. The zero-order valence-corrected chi connectivity index (χ0v) is 12.6. The highest BCUT2D eigenvalue weighted by Crippen LogP contribution is 2.16. The summed E-state index contributed by atoms with van der Waals surface area (Å²) >= 11 is 0. The van der Waals surface area contributed by atoms with E-state index in [1.807, 2.05) is 44.2 Å². The summed E-state index contributed by atoms with van der Waals surface area (Å²) in [5, 5.41) is 16.0. The maximum absolute atomic E-state index is 12.1. The Hall–Kier alpha value is -1.43. The van der Waals surface area contributed by atoms with Crippen LogP contribution in [0.25, 0.3) is 0 Å². The SMILES string of the molecule is CC(C)(CNCc1ccccc1)OC(=O)[C@H]1CNC[C@@H]1O. The van der Waals surface area contributed by atoms with Crippen LogP contribution in [-0.4, -0.2) is 42.4 Å². The third-order valence-corrected chi connectivity index (χ3v) is 3.58. The molecule has 0 unspecified atom stereocenters. The van der Waals surface area contributed by atoms with Gasteiger partial charge in [0.1, 0.15) is 5.60 Å². The Balaban J connectivity index is 1.77. The van der Waals surface area contributed by atoms with Crippen LogP contribution in [0.3, 0.4) is 0 Å². The Labute approximate surface area is 125 Å². The van der Waals surface area contributed by atoms with Crippen LogP contribution in [-0.2, 0) is 16.1 Å². The van der Waals surface area contributed by atoms with Crippen LogP contribution in [0.1, 0.15) is 19.4 Å². The van der Waals surface area contributed by atoms with E-state index < -0.39 is 17.6 Å². The van der Waals surface area contributed by atoms with Gasteiger partial charge in [-0.2, -0.15) is 0 Å². The molecule has 0 radical (unpaired) electrons. The highest BCUT2D eigenvalue weighted by molar-refractivity contribution is 5.74. The minimum absolute atomic E-state index is 0.334. The van der Waals surface area contributed by atoms with Crippen molar-refractivity contribution < 1.29 is 14.6 Å². The molecule has 2 atom stereocenters. The summed E-state index contributed by atoms with van der Waals surface area (Å²) in [4.78, 5) is 12.1. The second-order valence-corrected chi connectivity index (χ2v) is 6.10. The van der Waals surface area contributed by atoms with Gasteiger partial charge in [-0.3, -0.25) is 4.79 Å². The standard InChI is InChI=1S/C16H24N2O3/c1-16(2,11-18-8-12-6-4-3-5-7-12)21-15(20)13-9-17-10-14(13)19/h3-7,13-14,17-19H,8-11H2,1-2H3/t13-,14-/m0/s1. The van der Waals surface area contributed by atoms with Gasteiger partial charge in [-0.1, -0.05) is 30.3 Å². The number of β-amino-alcohol motifs (C(OH)–C–C–N with tert-alkyl or cyclic N) is 1. The minimum atomic E-state index is -0.648. The number of hydrogen-bond donors (Lipinski definition) is 3. The van der Waals surface area contributed by atoms with E-state index in [4.69, 9.17) is 4.74 Å². The van der Waals surface area contributed by atoms with E-state index in [0.29, 0.717) is 19.6 Å². The smallest absolute Gasteiger partial charge is 0.313 e. The molecular weight excluding hydrogens is 268 g/mol. The third-order valence-electron chi connectivity index (χ3n) is 3.58. The van der Waals surface area contributed by atoms with Crippen molar-refractivity contribution in [3.05, 3.63) is 35.9 Å². The van der Waals surface area contributed by atoms with E-state index in [9.17, 15) is 9.90 Å². The van der Waals surface area contributed by atoms with E-state index in [0.717, 1.165) is 6.54 Å². The second kappa shape index (κ2) is 7.02. The van der Waals surface area contributed by atoms with Gasteiger partial charge < -0.3 is 20.5 Å². The average molecular weight is 292 g/mol. The van der Waals surface area contributed by atoms with Crippen molar-refractivity contribution in [2.75, 3.05) is 19.6 Å². The normalized spacial score (nSPS) is 22.2. The van der Waals surface area contributed by atoms with Crippen molar-refractivity contribution in [3.8, 4) is 0 Å². The van der Waals surface area contributed by atoms with Crippen molar-refractivity contribution in [3.63, 3.8) is 0 Å². The Bertz CT molecular complexity index is 462. The number of benzene rings is 1. The van der Waals surface area contributed by atoms with Crippen LogP contribution in [0.4, 0.5) is 0 Å². The first-order valence-electron chi connectivity index (χ1n) is 7.34. The summed E-state index contributed by atoms with van der Waals surface area (Å²) < 4.78 is 5.53. The quantitative estimate of drug-likeness (QED) is 0.673. The maximum atomic E-state index is 12.1. The number of hydrogen-bond acceptors (Lipinski definition) is 5. The molecule has 0 aliphatic carbocycles. The molecule has 116 valence electrons. The fourth-order valence-corrected chi connectivity index (χ4v) is 2.39.